The zero-order chi connectivity index (χ0) is 13.7. The predicted octanol–water partition coefficient (Wildman–Crippen LogP) is 3.45. The molecule has 0 aliphatic carbocycles. The first-order chi connectivity index (χ1) is 9.24. The number of nitrogen functional groups attached to an aromatic ring is 1. The first-order valence-corrected chi connectivity index (χ1v) is 6.48. The number of nitrogens with two attached hydrogens (primary N) is 1. The van der Waals surface area contributed by atoms with Crippen molar-refractivity contribution in [3.63, 3.8) is 0 Å². The Morgan fingerprint density at radius 2 is 1.84 bits per heavy atom. The molecular weight excluding hydrogens is 236 g/mol. The van der Waals surface area contributed by atoms with E-state index in [1.54, 1.807) is 7.11 Å². The molecule has 2 aromatic carbocycles. The molecule has 0 saturated heterocycles. The second kappa shape index (κ2) is 6.14. The fourth-order valence-corrected chi connectivity index (χ4v) is 2.08. The average molecular weight is 256 g/mol. The van der Waals surface area contributed by atoms with E-state index in [4.69, 9.17) is 10.5 Å². The Balaban J connectivity index is 2.14. The van der Waals surface area contributed by atoms with E-state index in [1.165, 1.54) is 11.1 Å². The highest BCUT2D eigenvalue weighted by molar-refractivity contribution is 5.68. The minimum Gasteiger partial charge on any atom is -0.497 e. The van der Waals surface area contributed by atoms with Gasteiger partial charge in [0, 0.05) is 12.6 Å². The van der Waals surface area contributed by atoms with E-state index in [-0.39, 0.29) is 0 Å². The van der Waals surface area contributed by atoms with Gasteiger partial charge in [-0.25, -0.2) is 0 Å². The van der Waals surface area contributed by atoms with Gasteiger partial charge < -0.3 is 15.8 Å². The molecule has 0 bridgehead atoms. The van der Waals surface area contributed by atoms with Crippen LogP contribution in [-0.4, -0.2) is 7.11 Å². The Bertz CT molecular complexity index is 552. The van der Waals surface area contributed by atoms with Crippen molar-refractivity contribution in [1.29, 1.82) is 0 Å². The van der Waals surface area contributed by atoms with Crippen molar-refractivity contribution < 1.29 is 4.74 Å². The summed E-state index contributed by atoms with van der Waals surface area (Å²) in [5.74, 6) is 0.806. The Kier molecular flexibility index (Phi) is 4.29. The van der Waals surface area contributed by atoms with Crippen molar-refractivity contribution in [2.24, 2.45) is 0 Å². The highest BCUT2D eigenvalue weighted by Gasteiger charge is 2.03. The van der Waals surface area contributed by atoms with Gasteiger partial charge >= 0.3 is 0 Å². The highest BCUT2D eigenvalue weighted by Crippen LogP contribution is 2.25. The van der Waals surface area contributed by atoms with Gasteiger partial charge in [0.1, 0.15) is 5.75 Å². The van der Waals surface area contributed by atoms with Crippen molar-refractivity contribution in [3.8, 4) is 5.75 Å². The molecule has 2 rings (SSSR count). The molecule has 0 atom stereocenters. The molecule has 3 heteroatoms. The van der Waals surface area contributed by atoms with Crippen molar-refractivity contribution in [2.75, 3.05) is 18.2 Å². The molecule has 19 heavy (non-hydrogen) atoms. The van der Waals surface area contributed by atoms with E-state index in [9.17, 15) is 0 Å². The Morgan fingerprint density at radius 1 is 1.11 bits per heavy atom. The number of nitrogens with one attached hydrogen (secondary N) is 1. The SMILES string of the molecule is CCc1ccccc1CNc1cc(OC)ccc1N. The van der Waals surface area contributed by atoms with Gasteiger partial charge in [0.15, 0.2) is 0 Å². The first kappa shape index (κ1) is 13.3. The third kappa shape index (κ3) is 3.19. The van der Waals surface area contributed by atoms with Crippen LogP contribution in [0.4, 0.5) is 11.4 Å². The fourth-order valence-electron chi connectivity index (χ4n) is 2.08. The van der Waals surface area contributed by atoms with Gasteiger partial charge in [-0.05, 0) is 29.7 Å². The fraction of sp³-hybridized carbons (Fsp3) is 0.250. The van der Waals surface area contributed by atoms with Crippen LogP contribution in [-0.2, 0) is 13.0 Å². The molecule has 3 N–H and O–H groups in total. The van der Waals surface area contributed by atoms with Gasteiger partial charge in [-0.2, -0.15) is 0 Å². The molecule has 100 valence electrons. The van der Waals surface area contributed by atoms with E-state index in [0.717, 1.165) is 30.1 Å². The van der Waals surface area contributed by atoms with Gasteiger partial charge in [0.25, 0.3) is 0 Å². The third-order valence-electron chi connectivity index (χ3n) is 3.23. The first-order valence-electron chi connectivity index (χ1n) is 6.48. The molecular formula is C16H20N2O. The Morgan fingerprint density at radius 3 is 2.53 bits per heavy atom. The van der Waals surface area contributed by atoms with Crippen LogP contribution in [0.3, 0.4) is 0 Å². The van der Waals surface area contributed by atoms with Gasteiger partial charge in [0.05, 0.1) is 18.5 Å². The van der Waals surface area contributed by atoms with Crippen molar-refractivity contribution in [1.82, 2.24) is 0 Å². The minimum absolute atomic E-state index is 0.731. The standard InChI is InChI=1S/C16H20N2O/c1-3-12-6-4-5-7-13(12)11-18-16-10-14(19-2)8-9-15(16)17/h4-10,18H,3,11,17H2,1-2H3. The summed E-state index contributed by atoms with van der Waals surface area (Å²) in [6.45, 7) is 2.93. The lowest BCUT2D eigenvalue weighted by atomic mass is 10.1. The lowest BCUT2D eigenvalue weighted by molar-refractivity contribution is 0.415. The number of methoxy groups -OCH3 is 1. The molecule has 0 heterocycles. The molecule has 0 fully saturated rings. The second-order valence-corrected chi connectivity index (χ2v) is 4.43. The zero-order valence-electron chi connectivity index (χ0n) is 11.4. The van der Waals surface area contributed by atoms with E-state index in [0.29, 0.717) is 0 Å². The lowest BCUT2D eigenvalue weighted by Gasteiger charge is -2.13. The maximum absolute atomic E-state index is 5.96. The Labute approximate surface area is 114 Å². The number of rotatable bonds is 5. The van der Waals surface area contributed by atoms with Gasteiger partial charge in [0.2, 0.25) is 0 Å². The number of benzene rings is 2. The van der Waals surface area contributed by atoms with Crippen LogP contribution < -0.4 is 15.8 Å². The van der Waals surface area contributed by atoms with Gasteiger partial charge in [-0.3, -0.25) is 0 Å². The Hall–Kier alpha value is -2.16. The third-order valence-corrected chi connectivity index (χ3v) is 3.23. The minimum atomic E-state index is 0.731. The van der Waals surface area contributed by atoms with Crippen LogP contribution in [0.2, 0.25) is 0 Å². The van der Waals surface area contributed by atoms with Crippen LogP contribution in [0.25, 0.3) is 0 Å². The summed E-state index contributed by atoms with van der Waals surface area (Å²) in [5.41, 5.74) is 10.3. The van der Waals surface area contributed by atoms with Crippen LogP contribution in [0, 0.1) is 0 Å². The normalized spacial score (nSPS) is 10.2. The average Bonchev–Trinajstić information content (AvgIpc) is 2.46. The maximum atomic E-state index is 5.96. The number of aryl methyl sites for hydroxylation is 1. The van der Waals surface area contributed by atoms with E-state index >= 15 is 0 Å². The highest BCUT2D eigenvalue weighted by atomic mass is 16.5. The molecule has 0 spiro atoms. The molecule has 2 aromatic rings. The smallest absolute Gasteiger partial charge is 0.121 e. The number of hydrogen-bond acceptors (Lipinski definition) is 3. The van der Waals surface area contributed by atoms with E-state index in [2.05, 4.69) is 36.5 Å². The summed E-state index contributed by atoms with van der Waals surface area (Å²) in [7, 11) is 1.65. The molecule has 0 radical (unpaired) electrons. The molecule has 0 aliphatic heterocycles. The summed E-state index contributed by atoms with van der Waals surface area (Å²) in [4.78, 5) is 0. The number of hydrogen-bond donors (Lipinski definition) is 2. The zero-order valence-corrected chi connectivity index (χ0v) is 11.4. The van der Waals surface area contributed by atoms with E-state index in [1.807, 2.05) is 18.2 Å². The topological polar surface area (TPSA) is 47.3 Å². The summed E-state index contributed by atoms with van der Waals surface area (Å²) in [5, 5.41) is 3.37. The van der Waals surface area contributed by atoms with Crippen LogP contribution in [0.15, 0.2) is 42.5 Å². The largest absolute Gasteiger partial charge is 0.497 e. The molecule has 3 nitrogen and oxygen atoms in total. The van der Waals surface area contributed by atoms with Crippen molar-refractivity contribution in [2.45, 2.75) is 19.9 Å². The van der Waals surface area contributed by atoms with E-state index < -0.39 is 0 Å². The molecule has 0 amide bonds. The van der Waals surface area contributed by atoms with Crippen molar-refractivity contribution in [3.05, 3.63) is 53.6 Å². The van der Waals surface area contributed by atoms with Gasteiger partial charge in [-0.1, -0.05) is 31.2 Å². The van der Waals surface area contributed by atoms with Crippen molar-refractivity contribution >= 4 is 11.4 Å². The quantitative estimate of drug-likeness (QED) is 0.805. The predicted molar refractivity (Wildman–Crippen MR) is 80.6 cm³/mol. The van der Waals surface area contributed by atoms with Crippen LogP contribution in [0.5, 0.6) is 5.75 Å². The summed E-state index contributed by atoms with van der Waals surface area (Å²) >= 11 is 0. The monoisotopic (exact) mass is 256 g/mol. The van der Waals surface area contributed by atoms with Gasteiger partial charge in [-0.15, -0.1) is 0 Å². The molecule has 0 saturated carbocycles. The summed E-state index contributed by atoms with van der Waals surface area (Å²) < 4.78 is 5.21. The number of anilines is 2. The molecule has 0 unspecified atom stereocenters. The molecule has 0 aromatic heterocycles. The van der Waals surface area contributed by atoms with Crippen LogP contribution in [0.1, 0.15) is 18.1 Å². The molecule has 0 aliphatic rings. The van der Waals surface area contributed by atoms with Crippen LogP contribution >= 0.6 is 0 Å². The maximum Gasteiger partial charge on any atom is 0.121 e. The number of ether oxygens (including phenoxy) is 1. The second-order valence-electron chi connectivity index (χ2n) is 4.43. The summed E-state index contributed by atoms with van der Waals surface area (Å²) in [6, 6.07) is 14.1. The summed E-state index contributed by atoms with van der Waals surface area (Å²) in [6.07, 6.45) is 1.03. The lowest BCUT2D eigenvalue weighted by Crippen LogP contribution is -2.04.